The van der Waals surface area contributed by atoms with Gasteiger partial charge >= 0.3 is 5.97 Å². The van der Waals surface area contributed by atoms with Crippen molar-refractivity contribution in [3.8, 4) is 0 Å². The van der Waals surface area contributed by atoms with Gasteiger partial charge in [0.25, 0.3) is 0 Å². The number of benzene rings is 1. The first kappa shape index (κ1) is 17.4. The van der Waals surface area contributed by atoms with E-state index in [0.29, 0.717) is 17.6 Å². The minimum Gasteiger partial charge on any atom is -1.00 e. The molecule has 2 aliphatic heterocycles. The predicted molar refractivity (Wildman–Crippen MR) is 79.4 cm³/mol. The molecule has 0 aromatic heterocycles. The number of hydrogen-bond acceptors (Lipinski definition) is 3. The second kappa shape index (κ2) is 6.69. The van der Waals surface area contributed by atoms with Gasteiger partial charge in [-0.1, -0.05) is 30.3 Å². The van der Waals surface area contributed by atoms with Crippen molar-refractivity contribution in [2.24, 2.45) is 0 Å². The number of aliphatic hydroxyl groups excluding tert-OH is 1. The molecule has 3 unspecified atom stereocenters. The number of hydrogen-bond donors (Lipinski definition) is 1. The Hall–Kier alpha value is -0.910. The van der Waals surface area contributed by atoms with Gasteiger partial charge in [0.1, 0.15) is 6.10 Å². The summed E-state index contributed by atoms with van der Waals surface area (Å²) in [5.74, 6) is -0.516. The van der Waals surface area contributed by atoms with Crippen LogP contribution in [0.5, 0.6) is 0 Å². The Morgan fingerprint density at radius 1 is 1.18 bits per heavy atom. The summed E-state index contributed by atoms with van der Waals surface area (Å²) in [5, 5.41) is 10.1. The molecule has 1 N–H and O–H groups in total. The van der Waals surface area contributed by atoms with Crippen molar-refractivity contribution in [2.45, 2.75) is 50.0 Å². The molecule has 4 nitrogen and oxygen atoms in total. The van der Waals surface area contributed by atoms with Crippen molar-refractivity contribution >= 4 is 5.97 Å². The average molecular weight is 370 g/mol. The zero-order chi connectivity index (χ0) is 15.0. The van der Waals surface area contributed by atoms with E-state index in [-0.39, 0.29) is 23.1 Å². The second-order valence-corrected chi connectivity index (χ2v) is 6.86. The van der Waals surface area contributed by atoms with Crippen LogP contribution in [0, 0.1) is 0 Å². The van der Waals surface area contributed by atoms with Crippen LogP contribution >= 0.6 is 0 Å². The first-order chi connectivity index (χ1) is 9.98. The quantitative estimate of drug-likeness (QED) is 0.551. The Kier molecular flexibility index (Phi) is 5.30. The monoisotopic (exact) mass is 369 g/mol. The van der Waals surface area contributed by atoms with E-state index in [4.69, 9.17) is 4.74 Å². The van der Waals surface area contributed by atoms with E-state index in [1.165, 1.54) is 12.8 Å². The number of esters is 1. The molecule has 122 valence electrons. The Morgan fingerprint density at radius 2 is 1.73 bits per heavy atom. The van der Waals surface area contributed by atoms with Gasteiger partial charge in [-0.3, -0.25) is 0 Å². The molecule has 1 aromatic carbocycles. The number of nitrogens with zero attached hydrogens (tertiary/aromatic N) is 1. The van der Waals surface area contributed by atoms with E-state index in [9.17, 15) is 9.90 Å². The number of piperidine rings is 1. The summed E-state index contributed by atoms with van der Waals surface area (Å²) >= 11 is 0. The lowest BCUT2D eigenvalue weighted by Gasteiger charge is -2.43. The molecule has 0 spiro atoms. The van der Waals surface area contributed by atoms with E-state index in [0.717, 1.165) is 17.3 Å². The van der Waals surface area contributed by atoms with Crippen LogP contribution in [0.1, 0.15) is 37.4 Å². The summed E-state index contributed by atoms with van der Waals surface area (Å²) in [4.78, 5) is 12.1. The van der Waals surface area contributed by atoms with E-state index >= 15 is 0 Å². The molecule has 0 amide bonds. The van der Waals surface area contributed by atoms with Crippen molar-refractivity contribution in [1.29, 1.82) is 0 Å². The Bertz CT molecular complexity index is 504. The third-order valence-electron chi connectivity index (χ3n) is 5.41. The Balaban J connectivity index is 0.00000176. The highest BCUT2D eigenvalue weighted by molar-refractivity contribution is 5.76. The Morgan fingerprint density at radius 3 is 2.27 bits per heavy atom. The molecule has 2 fully saturated rings. The second-order valence-electron chi connectivity index (χ2n) is 6.86. The molecule has 0 radical (unpaired) electrons. The number of halogens is 1. The van der Waals surface area contributed by atoms with Crippen LogP contribution in [0.4, 0.5) is 0 Å². The van der Waals surface area contributed by atoms with Gasteiger partial charge < -0.3 is 31.3 Å². The van der Waals surface area contributed by atoms with E-state index in [1.54, 1.807) is 12.1 Å². The van der Waals surface area contributed by atoms with Crippen molar-refractivity contribution in [3.63, 3.8) is 0 Å². The summed E-state index contributed by atoms with van der Waals surface area (Å²) in [6, 6.07) is 10.1. The molecule has 22 heavy (non-hydrogen) atoms. The van der Waals surface area contributed by atoms with Gasteiger partial charge in [0.2, 0.25) is 0 Å². The molecule has 1 aromatic rings. The highest BCUT2D eigenvalue weighted by atomic mass is 79.9. The fraction of sp³-hybridized carbons (Fsp3) is 0.588. The molecule has 2 heterocycles. The number of aliphatic hydroxyl groups is 1. The van der Waals surface area contributed by atoms with E-state index in [1.807, 2.05) is 18.2 Å². The van der Waals surface area contributed by atoms with Gasteiger partial charge in [-0.2, -0.15) is 0 Å². The predicted octanol–water partition coefficient (Wildman–Crippen LogP) is -0.963. The zero-order valence-corrected chi connectivity index (χ0v) is 14.7. The lowest BCUT2D eigenvalue weighted by Crippen LogP contribution is -3.00. The highest BCUT2D eigenvalue weighted by Gasteiger charge is 2.50. The largest absolute Gasteiger partial charge is 1.00 e. The molecule has 3 atom stereocenters. The maximum absolute atomic E-state index is 12.1. The molecule has 0 saturated carbocycles. The minimum absolute atomic E-state index is 0. The van der Waals surface area contributed by atoms with Crippen LogP contribution in [0.15, 0.2) is 30.3 Å². The molecular formula is C17H24BrNO3. The van der Waals surface area contributed by atoms with Crippen molar-refractivity contribution in [3.05, 3.63) is 35.9 Å². The average Bonchev–Trinajstić information content (AvgIpc) is 2.67. The van der Waals surface area contributed by atoms with E-state index < -0.39 is 12.1 Å². The first-order valence-electron chi connectivity index (χ1n) is 7.75. The standard InChI is InChI=1S/C17H24NO3.BrH/c1-18(2)13-8-9-14(18)11-15(10-13)21-17(20)16(19)12-6-4-3-5-7-12;/h3-7,13-16,19H,8-11H2,1-2H3;1H/q+1;/p-1. The van der Waals surface area contributed by atoms with Crippen LogP contribution in [-0.2, 0) is 9.53 Å². The maximum atomic E-state index is 12.1. The molecule has 2 aliphatic rings. The van der Waals surface area contributed by atoms with Gasteiger partial charge in [0.05, 0.1) is 26.2 Å². The van der Waals surface area contributed by atoms with Gasteiger partial charge in [-0.25, -0.2) is 4.79 Å². The summed E-state index contributed by atoms with van der Waals surface area (Å²) in [6.07, 6.45) is 3.04. The molecule has 2 saturated heterocycles. The smallest absolute Gasteiger partial charge is 0.339 e. The van der Waals surface area contributed by atoms with Gasteiger partial charge in [0.15, 0.2) is 6.10 Å². The maximum Gasteiger partial charge on any atom is 0.339 e. The number of quaternary nitrogens is 1. The van der Waals surface area contributed by atoms with E-state index in [2.05, 4.69) is 14.1 Å². The van der Waals surface area contributed by atoms with Crippen molar-refractivity contribution in [2.75, 3.05) is 14.1 Å². The molecule has 2 bridgehead atoms. The number of carbonyl (C=O) groups is 1. The summed E-state index contributed by atoms with van der Waals surface area (Å²) in [7, 11) is 4.55. The summed E-state index contributed by atoms with van der Waals surface area (Å²) in [6.45, 7) is 0. The fourth-order valence-electron chi connectivity index (χ4n) is 3.93. The molecular weight excluding hydrogens is 346 g/mol. The number of ether oxygens (including phenoxy) is 1. The molecule has 3 rings (SSSR count). The first-order valence-corrected chi connectivity index (χ1v) is 7.75. The summed E-state index contributed by atoms with van der Waals surface area (Å²) in [5.41, 5.74) is 0.595. The molecule has 0 aliphatic carbocycles. The third-order valence-corrected chi connectivity index (χ3v) is 5.41. The van der Waals surface area contributed by atoms with Gasteiger partial charge in [0, 0.05) is 25.7 Å². The number of rotatable bonds is 3. The zero-order valence-electron chi connectivity index (χ0n) is 13.1. The van der Waals surface area contributed by atoms with Crippen molar-refractivity contribution in [1.82, 2.24) is 0 Å². The molecule has 5 heteroatoms. The van der Waals surface area contributed by atoms with Crippen LogP contribution in [-0.4, -0.2) is 47.8 Å². The van der Waals surface area contributed by atoms with Crippen LogP contribution in [0.25, 0.3) is 0 Å². The van der Waals surface area contributed by atoms with Crippen LogP contribution in [0.2, 0.25) is 0 Å². The lowest BCUT2D eigenvalue weighted by atomic mass is 9.97. The van der Waals surface area contributed by atoms with Gasteiger partial charge in [-0.05, 0) is 5.56 Å². The number of carbonyl (C=O) groups excluding carboxylic acids is 1. The van der Waals surface area contributed by atoms with Crippen LogP contribution < -0.4 is 17.0 Å². The van der Waals surface area contributed by atoms with Gasteiger partial charge in [-0.15, -0.1) is 0 Å². The van der Waals surface area contributed by atoms with Crippen LogP contribution in [0.3, 0.4) is 0 Å². The SMILES string of the molecule is C[N+]1(C)C2CCC1CC(OC(=O)C(O)c1ccccc1)C2.[Br-]. The number of fused-ring (bicyclic) bond motifs is 2. The highest BCUT2D eigenvalue weighted by Crippen LogP contribution is 2.40. The third kappa shape index (κ3) is 3.21. The summed E-state index contributed by atoms with van der Waals surface area (Å²) < 4.78 is 6.63. The lowest BCUT2D eigenvalue weighted by molar-refractivity contribution is -0.931. The fourth-order valence-corrected chi connectivity index (χ4v) is 3.93. The van der Waals surface area contributed by atoms with Crippen molar-refractivity contribution < 1.29 is 36.1 Å². The Labute approximate surface area is 142 Å². The topological polar surface area (TPSA) is 46.5 Å². The minimum atomic E-state index is -1.17. The normalized spacial score (nSPS) is 30.2.